The van der Waals surface area contributed by atoms with Crippen LogP contribution in [0.4, 0.5) is 0 Å². The molecule has 2 aliphatic rings. The Bertz CT molecular complexity index is 494. The van der Waals surface area contributed by atoms with Crippen LogP contribution in [-0.2, 0) is 19.1 Å². The Morgan fingerprint density at radius 3 is 2.32 bits per heavy atom. The van der Waals surface area contributed by atoms with Gasteiger partial charge < -0.3 is 14.6 Å². The number of carbonyl (C=O) groups excluding carboxylic acids is 2. The lowest BCUT2D eigenvalue weighted by Gasteiger charge is -2.23. The molecule has 0 saturated carbocycles. The molecule has 0 spiro atoms. The minimum atomic E-state index is -1.33. The van der Waals surface area contributed by atoms with Gasteiger partial charge in [-0.1, -0.05) is 12.2 Å². The third kappa shape index (κ3) is 2.16. The molecule has 1 N–H and O–H groups in total. The van der Waals surface area contributed by atoms with Gasteiger partial charge in [-0.2, -0.15) is 0 Å². The number of methoxy groups -OCH3 is 2. The third-order valence-electron chi connectivity index (χ3n) is 3.54. The summed E-state index contributed by atoms with van der Waals surface area (Å²) in [6, 6.07) is 0. The highest BCUT2D eigenvalue weighted by Gasteiger charge is 2.52. The number of carbonyl (C=O) groups is 2. The lowest BCUT2D eigenvalue weighted by atomic mass is 9.83. The predicted molar refractivity (Wildman–Crippen MR) is 67.2 cm³/mol. The fourth-order valence-corrected chi connectivity index (χ4v) is 2.59. The molecule has 102 valence electrons. The molecule has 0 aromatic heterocycles. The van der Waals surface area contributed by atoms with E-state index in [-0.39, 0.29) is 18.6 Å². The lowest BCUT2D eigenvalue weighted by molar-refractivity contribution is -0.168. The van der Waals surface area contributed by atoms with E-state index in [0.29, 0.717) is 6.42 Å². The van der Waals surface area contributed by atoms with E-state index in [9.17, 15) is 14.7 Å². The fraction of sp³-hybridized carbons (Fsp3) is 0.429. The Morgan fingerprint density at radius 2 is 1.74 bits per heavy atom. The molecular formula is C14H16O5. The molecule has 0 saturated heterocycles. The second-order valence-corrected chi connectivity index (χ2v) is 4.71. The molecule has 0 aliphatic heterocycles. The van der Waals surface area contributed by atoms with Crippen LogP contribution in [0.25, 0.3) is 0 Å². The van der Waals surface area contributed by atoms with E-state index in [2.05, 4.69) is 0 Å². The molecule has 5 nitrogen and oxygen atoms in total. The van der Waals surface area contributed by atoms with E-state index in [1.54, 1.807) is 12.2 Å². The standard InChI is InChI=1S/C14H16O5/c1-18-12(16)14(13(17)19-2)7-9-4-3-5-11(15)6-10(9)8-14/h3-4,6,15H,5,7-8H2,1-2H3. The molecule has 0 heterocycles. The summed E-state index contributed by atoms with van der Waals surface area (Å²) in [6.45, 7) is 0. The van der Waals surface area contributed by atoms with E-state index in [1.807, 2.05) is 6.08 Å². The van der Waals surface area contributed by atoms with Crippen molar-refractivity contribution in [3.05, 3.63) is 35.1 Å². The maximum Gasteiger partial charge on any atom is 0.323 e. The second-order valence-electron chi connectivity index (χ2n) is 4.71. The van der Waals surface area contributed by atoms with E-state index >= 15 is 0 Å². The SMILES string of the molecule is COC(=O)C1(C(=O)OC)CC2=C(C=C(O)CC=C2)C1. The number of rotatable bonds is 2. The maximum atomic E-state index is 12.0. The fourth-order valence-electron chi connectivity index (χ4n) is 2.59. The maximum absolute atomic E-state index is 12.0. The minimum absolute atomic E-state index is 0.191. The van der Waals surface area contributed by atoms with Crippen LogP contribution in [-0.4, -0.2) is 31.3 Å². The van der Waals surface area contributed by atoms with Gasteiger partial charge >= 0.3 is 11.9 Å². The predicted octanol–water partition coefficient (Wildman–Crippen LogP) is 1.81. The van der Waals surface area contributed by atoms with Crippen LogP contribution in [0.2, 0.25) is 0 Å². The first-order valence-electron chi connectivity index (χ1n) is 5.98. The van der Waals surface area contributed by atoms with Crippen molar-refractivity contribution in [1.82, 2.24) is 0 Å². The van der Waals surface area contributed by atoms with E-state index < -0.39 is 17.4 Å². The third-order valence-corrected chi connectivity index (χ3v) is 3.54. The van der Waals surface area contributed by atoms with Crippen molar-refractivity contribution in [1.29, 1.82) is 0 Å². The summed E-state index contributed by atoms with van der Waals surface area (Å²) in [5.74, 6) is -0.991. The quantitative estimate of drug-likeness (QED) is 0.608. The van der Waals surface area contributed by atoms with Crippen molar-refractivity contribution < 1.29 is 24.2 Å². The number of aliphatic hydroxyl groups excluding tert-OH is 1. The molecule has 2 aliphatic carbocycles. The van der Waals surface area contributed by atoms with Crippen molar-refractivity contribution in [2.45, 2.75) is 19.3 Å². The summed E-state index contributed by atoms with van der Waals surface area (Å²) >= 11 is 0. The summed E-state index contributed by atoms with van der Waals surface area (Å²) in [7, 11) is 2.50. The Hall–Kier alpha value is -2.04. The zero-order valence-electron chi connectivity index (χ0n) is 10.9. The number of esters is 2. The first-order chi connectivity index (χ1) is 9.03. The average molecular weight is 264 g/mol. The highest BCUT2D eigenvalue weighted by molar-refractivity contribution is 6.01. The molecule has 0 radical (unpaired) electrons. The molecule has 0 atom stereocenters. The smallest absolute Gasteiger partial charge is 0.323 e. The van der Waals surface area contributed by atoms with Gasteiger partial charge in [0.05, 0.1) is 20.0 Å². The highest BCUT2D eigenvalue weighted by Crippen LogP contribution is 2.46. The van der Waals surface area contributed by atoms with E-state index in [4.69, 9.17) is 9.47 Å². The van der Waals surface area contributed by atoms with Crippen LogP contribution in [0.15, 0.2) is 35.1 Å². The number of allylic oxidation sites excluding steroid dienone is 5. The van der Waals surface area contributed by atoms with E-state index in [1.165, 1.54) is 14.2 Å². The van der Waals surface area contributed by atoms with Gasteiger partial charge in [0, 0.05) is 6.42 Å². The number of hydrogen-bond acceptors (Lipinski definition) is 5. The highest BCUT2D eigenvalue weighted by atomic mass is 16.5. The second kappa shape index (κ2) is 4.91. The van der Waals surface area contributed by atoms with Gasteiger partial charge in [-0.15, -0.1) is 0 Å². The van der Waals surface area contributed by atoms with E-state index in [0.717, 1.165) is 11.1 Å². The molecular weight excluding hydrogens is 248 g/mol. The Kier molecular flexibility index (Phi) is 3.46. The normalized spacial score (nSPS) is 20.4. The van der Waals surface area contributed by atoms with Gasteiger partial charge in [0.15, 0.2) is 5.41 Å². The molecule has 2 rings (SSSR count). The van der Waals surface area contributed by atoms with Crippen LogP contribution in [0.5, 0.6) is 0 Å². The number of aliphatic hydroxyl groups is 1. The summed E-state index contributed by atoms with van der Waals surface area (Å²) < 4.78 is 9.50. The molecule has 5 heteroatoms. The Labute approximate surface area is 111 Å². The molecule has 0 bridgehead atoms. The van der Waals surface area contributed by atoms with Gasteiger partial charge in [-0.3, -0.25) is 9.59 Å². The number of hydrogen-bond donors (Lipinski definition) is 1. The van der Waals surface area contributed by atoms with Gasteiger partial charge in [0.2, 0.25) is 0 Å². The van der Waals surface area contributed by atoms with Crippen molar-refractivity contribution in [3.8, 4) is 0 Å². The van der Waals surface area contributed by atoms with Crippen LogP contribution in [0, 0.1) is 5.41 Å². The lowest BCUT2D eigenvalue weighted by Crippen LogP contribution is -2.39. The van der Waals surface area contributed by atoms with Crippen LogP contribution in [0.1, 0.15) is 19.3 Å². The van der Waals surface area contributed by atoms with Crippen molar-refractivity contribution in [2.75, 3.05) is 14.2 Å². The van der Waals surface area contributed by atoms with Gasteiger partial charge in [0.1, 0.15) is 0 Å². The van der Waals surface area contributed by atoms with Crippen LogP contribution in [0.3, 0.4) is 0 Å². The van der Waals surface area contributed by atoms with Crippen molar-refractivity contribution >= 4 is 11.9 Å². The monoisotopic (exact) mass is 264 g/mol. The van der Waals surface area contributed by atoms with Crippen molar-refractivity contribution in [2.24, 2.45) is 5.41 Å². The Balaban J connectivity index is 2.39. The van der Waals surface area contributed by atoms with Gasteiger partial charge in [-0.05, 0) is 30.1 Å². The zero-order valence-corrected chi connectivity index (χ0v) is 10.9. The molecule has 19 heavy (non-hydrogen) atoms. The summed E-state index contributed by atoms with van der Waals surface area (Å²) in [5, 5.41) is 9.64. The number of ether oxygens (including phenoxy) is 2. The molecule has 0 amide bonds. The van der Waals surface area contributed by atoms with Crippen LogP contribution < -0.4 is 0 Å². The minimum Gasteiger partial charge on any atom is -0.512 e. The Morgan fingerprint density at radius 1 is 1.16 bits per heavy atom. The van der Waals surface area contributed by atoms with Crippen LogP contribution >= 0.6 is 0 Å². The summed E-state index contributed by atoms with van der Waals surface area (Å²) in [6.07, 6.45) is 6.14. The topological polar surface area (TPSA) is 72.8 Å². The largest absolute Gasteiger partial charge is 0.512 e. The first kappa shape index (κ1) is 13.4. The first-order valence-corrected chi connectivity index (χ1v) is 5.98. The summed E-state index contributed by atoms with van der Waals surface area (Å²) in [4.78, 5) is 24.0. The summed E-state index contributed by atoms with van der Waals surface area (Å²) in [5.41, 5.74) is 0.314. The van der Waals surface area contributed by atoms with Crippen molar-refractivity contribution in [3.63, 3.8) is 0 Å². The average Bonchev–Trinajstić information content (AvgIpc) is 2.68. The molecule has 0 fully saturated rings. The zero-order chi connectivity index (χ0) is 14.0. The molecule has 0 aromatic rings. The molecule has 0 unspecified atom stereocenters. The van der Waals surface area contributed by atoms with Gasteiger partial charge in [-0.25, -0.2) is 0 Å². The van der Waals surface area contributed by atoms with Gasteiger partial charge in [0.25, 0.3) is 0 Å². The molecule has 0 aromatic carbocycles.